The summed E-state index contributed by atoms with van der Waals surface area (Å²) < 4.78 is 11.2. The van der Waals surface area contributed by atoms with Crippen LogP contribution in [0.4, 0.5) is 5.69 Å². The number of nitrogens with zero attached hydrogens (tertiary/aromatic N) is 3. The Labute approximate surface area is 206 Å². The van der Waals surface area contributed by atoms with Crippen LogP contribution in [0.3, 0.4) is 0 Å². The van der Waals surface area contributed by atoms with Crippen molar-refractivity contribution in [2.45, 2.75) is 42.2 Å². The molecule has 0 saturated heterocycles. The highest BCUT2D eigenvalue weighted by Crippen LogP contribution is 2.40. The third-order valence-electron chi connectivity index (χ3n) is 5.93. The van der Waals surface area contributed by atoms with Gasteiger partial charge >= 0.3 is 11.9 Å². The molecule has 0 N–H and O–H groups in total. The molecular weight excluding hydrogens is 470 g/mol. The fourth-order valence-corrected chi connectivity index (χ4v) is 5.56. The van der Waals surface area contributed by atoms with Crippen molar-refractivity contribution < 1.29 is 24.0 Å². The van der Waals surface area contributed by atoms with Crippen molar-refractivity contribution in [1.29, 1.82) is 0 Å². The second-order valence-electron chi connectivity index (χ2n) is 8.12. The molecular formula is C25H25N3O6S. The first kappa shape index (κ1) is 24.5. The van der Waals surface area contributed by atoms with Gasteiger partial charge in [-0.2, -0.15) is 5.10 Å². The number of nitro groups is 1. The molecule has 0 amide bonds. The Bertz CT molecular complexity index is 1250. The molecule has 1 aliphatic carbocycles. The maximum atomic E-state index is 12.8. The zero-order valence-corrected chi connectivity index (χ0v) is 20.2. The van der Waals surface area contributed by atoms with Gasteiger partial charge in [0.2, 0.25) is 0 Å². The number of ether oxygens (including phenoxy) is 2. The Morgan fingerprint density at radius 2 is 1.71 bits per heavy atom. The van der Waals surface area contributed by atoms with Gasteiger partial charge in [-0.1, -0.05) is 43.5 Å². The number of aromatic nitrogens is 2. The number of carbonyl (C=O) groups excluding carboxylic acids is 2. The molecule has 1 aromatic heterocycles. The Morgan fingerprint density at radius 1 is 1.03 bits per heavy atom. The van der Waals surface area contributed by atoms with Crippen LogP contribution in [-0.2, 0) is 9.47 Å². The van der Waals surface area contributed by atoms with Gasteiger partial charge in [0, 0.05) is 16.9 Å². The van der Waals surface area contributed by atoms with E-state index in [-0.39, 0.29) is 22.6 Å². The van der Waals surface area contributed by atoms with Crippen molar-refractivity contribution >= 4 is 29.4 Å². The number of benzene rings is 2. The molecule has 2 aromatic carbocycles. The number of hydrogen-bond acceptors (Lipinski definition) is 8. The highest BCUT2D eigenvalue weighted by Gasteiger charge is 2.32. The summed E-state index contributed by atoms with van der Waals surface area (Å²) in [6.07, 6.45) is 5.50. The number of para-hydroxylation sites is 1. The third kappa shape index (κ3) is 5.07. The zero-order valence-electron chi connectivity index (χ0n) is 19.4. The van der Waals surface area contributed by atoms with Gasteiger partial charge in [-0.15, -0.1) is 11.8 Å². The van der Waals surface area contributed by atoms with Gasteiger partial charge in [0.05, 0.1) is 29.7 Å². The average molecular weight is 496 g/mol. The van der Waals surface area contributed by atoms with Crippen LogP contribution in [0.15, 0.2) is 53.4 Å². The molecule has 182 valence electrons. The molecule has 10 heteroatoms. The molecule has 0 spiro atoms. The lowest BCUT2D eigenvalue weighted by Crippen LogP contribution is -2.15. The van der Waals surface area contributed by atoms with E-state index in [2.05, 4.69) is 5.10 Å². The minimum absolute atomic E-state index is 0.0669. The quantitative estimate of drug-likeness (QED) is 0.242. The Kier molecular flexibility index (Phi) is 7.50. The first-order valence-corrected chi connectivity index (χ1v) is 12.1. The number of hydrogen-bond donors (Lipinski definition) is 0. The molecule has 35 heavy (non-hydrogen) atoms. The predicted octanol–water partition coefficient (Wildman–Crippen LogP) is 5.45. The summed E-state index contributed by atoms with van der Waals surface area (Å²) in [7, 11) is 2.40. The van der Waals surface area contributed by atoms with Crippen LogP contribution in [0.5, 0.6) is 0 Å². The van der Waals surface area contributed by atoms with E-state index >= 15 is 0 Å². The normalized spacial score (nSPS) is 13.9. The largest absolute Gasteiger partial charge is 0.465 e. The summed E-state index contributed by atoms with van der Waals surface area (Å²) in [6, 6.07) is 13.5. The standard InChI is InChI=1S/C25H25N3O6S/c1-33-24(29)21-22(26-27(23(21)25(30)34-2)17-9-5-3-6-10-17)16-13-14-20(19(15-16)28(31)32)35-18-11-7-4-8-12-18/h3,5-6,9-10,13-15,18H,4,7-8,11-12H2,1-2H3. The second-order valence-corrected chi connectivity index (χ2v) is 9.46. The van der Waals surface area contributed by atoms with E-state index in [0.29, 0.717) is 21.4 Å². The maximum absolute atomic E-state index is 12.8. The third-order valence-corrected chi connectivity index (χ3v) is 7.33. The zero-order chi connectivity index (χ0) is 24.9. The van der Waals surface area contributed by atoms with E-state index in [0.717, 1.165) is 25.7 Å². The number of esters is 2. The second kappa shape index (κ2) is 10.7. The summed E-state index contributed by atoms with van der Waals surface area (Å²) in [5.41, 5.74) is 0.628. The highest BCUT2D eigenvalue weighted by atomic mass is 32.2. The van der Waals surface area contributed by atoms with Crippen LogP contribution in [0, 0.1) is 10.1 Å². The molecule has 9 nitrogen and oxygen atoms in total. The van der Waals surface area contributed by atoms with Gasteiger partial charge in [0.15, 0.2) is 5.69 Å². The van der Waals surface area contributed by atoms with E-state index in [1.165, 1.54) is 43.2 Å². The van der Waals surface area contributed by atoms with E-state index in [1.54, 1.807) is 42.5 Å². The summed E-state index contributed by atoms with van der Waals surface area (Å²) >= 11 is 1.52. The Balaban J connectivity index is 1.87. The SMILES string of the molecule is COC(=O)c1c(-c2ccc(SC3CCCCC3)c([N+](=O)[O-])c2)nn(-c2ccccc2)c1C(=O)OC. The van der Waals surface area contributed by atoms with Crippen molar-refractivity contribution in [2.24, 2.45) is 0 Å². The fourth-order valence-electron chi connectivity index (χ4n) is 4.23. The number of methoxy groups -OCH3 is 2. The van der Waals surface area contributed by atoms with Crippen LogP contribution in [0.25, 0.3) is 16.9 Å². The minimum atomic E-state index is -0.800. The monoisotopic (exact) mass is 495 g/mol. The van der Waals surface area contributed by atoms with Crippen molar-refractivity contribution in [1.82, 2.24) is 9.78 Å². The van der Waals surface area contributed by atoms with Crippen LogP contribution in [0.1, 0.15) is 53.0 Å². The van der Waals surface area contributed by atoms with Crippen molar-refractivity contribution in [2.75, 3.05) is 14.2 Å². The summed E-state index contributed by atoms with van der Waals surface area (Å²) in [4.78, 5) is 37.7. The molecule has 3 aromatic rings. The van der Waals surface area contributed by atoms with Gasteiger partial charge < -0.3 is 9.47 Å². The van der Waals surface area contributed by atoms with Crippen molar-refractivity contribution in [3.05, 3.63) is 69.9 Å². The van der Waals surface area contributed by atoms with Crippen molar-refractivity contribution in [3.8, 4) is 16.9 Å². The highest BCUT2D eigenvalue weighted by molar-refractivity contribution is 8.00. The van der Waals surface area contributed by atoms with Crippen LogP contribution < -0.4 is 0 Å². The molecule has 0 atom stereocenters. The smallest absolute Gasteiger partial charge is 0.357 e. The number of rotatable bonds is 7. The summed E-state index contributed by atoms with van der Waals surface area (Å²) in [5, 5.41) is 16.8. The predicted molar refractivity (Wildman–Crippen MR) is 131 cm³/mol. The molecule has 1 aliphatic rings. The number of thioether (sulfide) groups is 1. The van der Waals surface area contributed by atoms with Gasteiger partial charge in [-0.3, -0.25) is 10.1 Å². The molecule has 4 rings (SSSR count). The van der Waals surface area contributed by atoms with Gasteiger partial charge in [0.1, 0.15) is 11.3 Å². The lowest BCUT2D eigenvalue weighted by molar-refractivity contribution is -0.387. The fraction of sp³-hybridized carbons (Fsp3) is 0.320. The van der Waals surface area contributed by atoms with E-state index in [1.807, 2.05) is 0 Å². The van der Waals surface area contributed by atoms with E-state index in [9.17, 15) is 19.7 Å². The molecule has 0 bridgehead atoms. The average Bonchev–Trinajstić information content (AvgIpc) is 3.29. The van der Waals surface area contributed by atoms with Gasteiger partial charge in [0.25, 0.3) is 5.69 Å². The first-order valence-electron chi connectivity index (χ1n) is 11.2. The molecule has 0 unspecified atom stereocenters. The molecule has 0 aliphatic heterocycles. The summed E-state index contributed by atoms with van der Waals surface area (Å²) in [5.74, 6) is -1.59. The van der Waals surface area contributed by atoms with Crippen LogP contribution >= 0.6 is 11.8 Å². The first-order chi connectivity index (χ1) is 16.9. The molecule has 0 radical (unpaired) electrons. The Morgan fingerprint density at radius 3 is 2.34 bits per heavy atom. The summed E-state index contributed by atoms with van der Waals surface area (Å²) in [6.45, 7) is 0. The van der Waals surface area contributed by atoms with Crippen LogP contribution in [0.2, 0.25) is 0 Å². The van der Waals surface area contributed by atoms with E-state index in [4.69, 9.17) is 9.47 Å². The number of carbonyl (C=O) groups is 2. The van der Waals surface area contributed by atoms with Crippen molar-refractivity contribution in [3.63, 3.8) is 0 Å². The van der Waals surface area contributed by atoms with E-state index < -0.39 is 16.9 Å². The topological polar surface area (TPSA) is 114 Å². The lowest BCUT2D eigenvalue weighted by atomic mass is 10.0. The van der Waals surface area contributed by atoms with Gasteiger partial charge in [-0.05, 0) is 31.0 Å². The Hall–Kier alpha value is -3.66. The molecule has 1 fully saturated rings. The minimum Gasteiger partial charge on any atom is -0.465 e. The lowest BCUT2D eigenvalue weighted by Gasteiger charge is -2.20. The van der Waals surface area contributed by atoms with Crippen LogP contribution in [-0.4, -0.2) is 46.1 Å². The number of nitro benzene ring substituents is 1. The molecule has 1 heterocycles. The van der Waals surface area contributed by atoms with Gasteiger partial charge in [-0.25, -0.2) is 14.3 Å². The molecule has 1 saturated carbocycles. The maximum Gasteiger partial charge on any atom is 0.357 e.